The van der Waals surface area contributed by atoms with E-state index < -0.39 is 0 Å². The maximum absolute atomic E-state index is 9.20. The van der Waals surface area contributed by atoms with Crippen molar-refractivity contribution in [3.05, 3.63) is 102 Å². The molecule has 0 amide bonds. The second kappa shape index (κ2) is 6.65. The molecule has 29 heavy (non-hydrogen) atoms. The van der Waals surface area contributed by atoms with E-state index in [1.807, 2.05) is 12.1 Å². The van der Waals surface area contributed by atoms with Crippen LogP contribution in [0.3, 0.4) is 0 Å². The SMILES string of the molecule is Cc1cc(C#N)ccc1-c1ccc2c(c1C)c1ccccc1n2-c1ccccc1. The van der Waals surface area contributed by atoms with Crippen LogP contribution in [0.1, 0.15) is 16.7 Å². The Morgan fingerprint density at radius 2 is 1.45 bits per heavy atom. The first kappa shape index (κ1) is 17.3. The minimum absolute atomic E-state index is 0.700. The Morgan fingerprint density at radius 1 is 0.724 bits per heavy atom. The molecule has 5 aromatic rings. The summed E-state index contributed by atoms with van der Waals surface area (Å²) in [4.78, 5) is 0. The fourth-order valence-corrected chi connectivity index (χ4v) is 4.42. The zero-order valence-electron chi connectivity index (χ0n) is 16.5. The monoisotopic (exact) mass is 372 g/mol. The van der Waals surface area contributed by atoms with E-state index >= 15 is 0 Å². The van der Waals surface area contributed by atoms with Crippen LogP contribution in [-0.2, 0) is 0 Å². The zero-order valence-corrected chi connectivity index (χ0v) is 16.5. The van der Waals surface area contributed by atoms with Crippen molar-refractivity contribution >= 4 is 21.8 Å². The first-order valence-electron chi connectivity index (χ1n) is 9.78. The third kappa shape index (κ3) is 2.63. The van der Waals surface area contributed by atoms with Gasteiger partial charge in [-0.05, 0) is 72.5 Å². The number of para-hydroxylation sites is 2. The molecular weight excluding hydrogens is 352 g/mol. The maximum atomic E-state index is 9.20. The van der Waals surface area contributed by atoms with E-state index in [9.17, 15) is 5.26 Å². The fraction of sp³-hybridized carbons (Fsp3) is 0.0741. The maximum Gasteiger partial charge on any atom is 0.0991 e. The number of hydrogen-bond donors (Lipinski definition) is 0. The standard InChI is InChI=1S/C27H20N2/c1-18-16-20(17-28)12-13-22(18)23-14-15-26-27(19(23)2)24-10-6-7-11-25(24)29(26)21-8-4-3-5-9-21/h3-16H,1-2H3. The summed E-state index contributed by atoms with van der Waals surface area (Å²) in [6, 6.07) is 31.7. The third-order valence-corrected chi connectivity index (χ3v) is 5.76. The minimum Gasteiger partial charge on any atom is -0.309 e. The summed E-state index contributed by atoms with van der Waals surface area (Å²) in [6.07, 6.45) is 0. The Morgan fingerprint density at radius 3 is 2.21 bits per heavy atom. The predicted octanol–water partition coefficient (Wildman–Crippen LogP) is 6.94. The molecule has 0 aliphatic rings. The van der Waals surface area contributed by atoms with Crippen molar-refractivity contribution in [1.82, 2.24) is 4.57 Å². The molecule has 1 aromatic heterocycles. The van der Waals surface area contributed by atoms with Crippen LogP contribution < -0.4 is 0 Å². The molecule has 4 aromatic carbocycles. The van der Waals surface area contributed by atoms with Gasteiger partial charge in [0.25, 0.3) is 0 Å². The number of aromatic nitrogens is 1. The molecular formula is C27H20N2. The average Bonchev–Trinajstić information content (AvgIpc) is 3.10. The first-order valence-corrected chi connectivity index (χ1v) is 9.78. The highest BCUT2D eigenvalue weighted by Gasteiger charge is 2.16. The molecule has 138 valence electrons. The van der Waals surface area contributed by atoms with Gasteiger partial charge < -0.3 is 4.57 Å². The largest absolute Gasteiger partial charge is 0.309 e. The van der Waals surface area contributed by atoms with Gasteiger partial charge in [-0.2, -0.15) is 5.26 Å². The molecule has 0 bridgehead atoms. The molecule has 0 aliphatic heterocycles. The van der Waals surface area contributed by atoms with E-state index in [-0.39, 0.29) is 0 Å². The molecule has 1 heterocycles. The second-order valence-electron chi connectivity index (χ2n) is 7.46. The van der Waals surface area contributed by atoms with Crippen LogP contribution in [0.5, 0.6) is 0 Å². The van der Waals surface area contributed by atoms with Gasteiger partial charge in [-0.25, -0.2) is 0 Å². The van der Waals surface area contributed by atoms with E-state index in [1.165, 1.54) is 44.2 Å². The van der Waals surface area contributed by atoms with Gasteiger partial charge in [0.05, 0.1) is 22.7 Å². The summed E-state index contributed by atoms with van der Waals surface area (Å²) < 4.78 is 2.34. The zero-order chi connectivity index (χ0) is 20.0. The van der Waals surface area contributed by atoms with Crippen LogP contribution in [-0.4, -0.2) is 4.57 Å². The van der Waals surface area contributed by atoms with Crippen LogP contribution in [0, 0.1) is 25.2 Å². The molecule has 0 fully saturated rings. The van der Waals surface area contributed by atoms with E-state index in [0.717, 1.165) is 5.56 Å². The van der Waals surface area contributed by atoms with Crippen LogP contribution in [0.4, 0.5) is 0 Å². The van der Waals surface area contributed by atoms with Gasteiger partial charge in [-0.15, -0.1) is 0 Å². The Kier molecular flexibility index (Phi) is 3.96. The molecule has 0 spiro atoms. The van der Waals surface area contributed by atoms with E-state index in [2.05, 4.69) is 97.3 Å². The van der Waals surface area contributed by atoms with Gasteiger partial charge in [0.1, 0.15) is 0 Å². The van der Waals surface area contributed by atoms with Gasteiger partial charge in [0.2, 0.25) is 0 Å². The normalized spacial score (nSPS) is 11.1. The highest BCUT2D eigenvalue weighted by molar-refractivity contribution is 6.12. The topological polar surface area (TPSA) is 28.7 Å². The molecule has 0 aliphatic carbocycles. The van der Waals surface area contributed by atoms with Crippen LogP contribution >= 0.6 is 0 Å². The Bertz CT molecular complexity index is 1420. The molecule has 0 radical (unpaired) electrons. The number of aryl methyl sites for hydroxylation is 2. The van der Waals surface area contributed by atoms with Crippen molar-refractivity contribution in [3.8, 4) is 22.9 Å². The summed E-state index contributed by atoms with van der Waals surface area (Å²) in [6.45, 7) is 4.28. The van der Waals surface area contributed by atoms with E-state index in [4.69, 9.17) is 0 Å². The number of rotatable bonds is 2. The van der Waals surface area contributed by atoms with Crippen molar-refractivity contribution < 1.29 is 0 Å². The summed E-state index contributed by atoms with van der Waals surface area (Å²) >= 11 is 0. The molecule has 0 saturated carbocycles. The Hall–Kier alpha value is -3.83. The van der Waals surface area contributed by atoms with Gasteiger partial charge in [0, 0.05) is 16.5 Å². The number of nitrogens with zero attached hydrogens (tertiary/aromatic N) is 2. The summed E-state index contributed by atoms with van der Waals surface area (Å²) in [5.41, 5.74) is 9.08. The molecule has 5 rings (SSSR count). The van der Waals surface area contributed by atoms with E-state index in [0.29, 0.717) is 5.56 Å². The summed E-state index contributed by atoms with van der Waals surface area (Å²) in [7, 11) is 0. The summed E-state index contributed by atoms with van der Waals surface area (Å²) in [5.74, 6) is 0. The van der Waals surface area contributed by atoms with Gasteiger partial charge in [-0.1, -0.05) is 48.5 Å². The lowest BCUT2D eigenvalue weighted by molar-refractivity contribution is 1.18. The minimum atomic E-state index is 0.700. The number of benzene rings is 4. The predicted molar refractivity (Wildman–Crippen MR) is 120 cm³/mol. The van der Waals surface area contributed by atoms with E-state index in [1.54, 1.807) is 0 Å². The molecule has 0 unspecified atom stereocenters. The number of fused-ring (bicyclic) bond motifs is 3. The highest BCUT2D eigenvalue weighted by atomic mass is 15.0. The van der Waals surface area contributed by atoms with Gasteiger partial charge >= 0.3 is 0 Å². The molecule has 2 heteroatoms. The lowest BCUT2D eigenvalue weighted by Crippen LogP contribution is -1.94. The van der Waals surface area contributed by atoms with Crippen LogP contribution in [0.15, 0.2) is 84.9 Å². The van der Waals surface area contributed by atoms with Crippen molar-refractivity contribution in [3.63, 3.8) is 0 Å². The van der Waals surface area contributed by atoms with Crippen LogP contribution in [0.25, 0.3) is 38.6 Å². The van der Waals surface area contributed by atoms with Gasteiger partial charge in [-0.3, -0.25) is 0 Å². The lowest BCUT2D eigenvalue weighted by atomic mass is 9.93. The van der Waals surface area contributed by atoms with Crippen molar-refractivity contribution in [2.45, 2.75) is 13.8 Å². The smallest absolute Gasteiger partial charge is 0.0991 e. The molecule has 0 N–H and O–H groups in total. The lowest BCUT2D eigenvalue weighted by Gasteiger charge is -2.12. The summed E-state index contributed by atoms with van der Waals surface area (Å²) in [5, 5.41) is 11.7. The van der Waals surface area contributed by atoms with Crippen molar-refractivity contribution in [2.75, 3.05) is 0 Å². The third-order valence-electron chi connectivity index (χ3n) is 5.76. The fourth-order valence-electron chi connectivity index (χ4n) is 4.42. The first-order chi connectivity index (χ1) is 14.2. The van der Waals surface area contributed by atoms with Crippen molar-refractivity contribution in [1.29, 1.82) is 5.26 Å². The molecule has 0 atom stereocenters. The number of hydrogen-bond acceptors (Lipinski definition) is 1. The van der Waals surface area contributed by atoms with Crippen LogP contribution in [0.2, 0.25) is 0 Å². The highest BCUT2D eigenvalue weighted by Crippen LogP contribution is 2.38. The molecule has 2 nitrogen and oxygen atoms in total. The second-order valence-corrected chi connectivity index (χ2v) is 7.46. The van der Waals surface area contributed by atoms with Gasteiger partial charge in [0.15, 0.2) is 0 Å². The quantitative estimate of drug-likeness (QED) is 0.330. The Balaban J connectivity index is 1.86. The molecule has 0 saturated heterocycles. The van der Waals surface area contributed by atoms with Crippen molar-refractivity contribution in [2.24, 2.45) is 0 Å². The average molecular weight is 372 g/mol. The number of nitriles is 1. The Labute approximate surface area is 170 Å².